The van der Waals surface area contributed by atoms with Crippen LogP contribution >= 0.6 is 43.5 Å². The number of rotatable bonds is 2. The monoisotopic (exact) mass is 401 g/mol. The lowest BCUT2D eigenvalue weighted by atomic mass is 10.2. The summed E-state index contributed by atoms with van der Waals surface area (Å²) in [6, 6.07) is 10.8. The number of nitrogens with one attached hydrogen (secondary N) is 1. The molecule has 0 heterocycles. The first-order valence-corrected chi connectivity index (χ1v) is 7.47. The zero-order valence-corrected chi connectivity index (χ0v) is 13.9. The molecule has 0 aliphatic heterocycles. The minimum atomic E-state index is -0.240. The molecular formula is C14H10Br2ClNO. The molecule has 2 aromatic carbocycles. The van der Waals surface area contributed by atoms with Crippen molar-refractivity contribution in [3.8, 4) is 0 Å². The van der Waals surface area contributed by atoms with Gasteiger partial charge in [-0.05, 0) is 68.6 Å². The van der Waals surface area contributed by atoms with Crippen LogP contribution in [0.1, 0.15) is 15.9 Å². The Labute approximate surface area is 133 Å². The molecule has 0 aromatic heterocycles. The average Bonchev–Trinajstić information content (AvgIpc) is 2.34. The van der Waals surface area contributed by atoms with Crippen LogP contribution in [-0.2, 0) is 0 Å². The van der Waals surface area contributed by atoms with Gasteiger partial charge < -0.3 is 5.32 Å². The first-order chi connectivity index (χ1) is 8.99. The fraction of sp³-hybridized carbons (Fsp3) is 0.0714. The van der Waals surface area contributed by atoms with Gasteiger partial charge >= 0.3 is 0 Å². The van der Waals surface area contributed by atoms with Gasteiger partial charge in [0.2, 0.25) is 0 Å². The Hall–Kier alpha value is -0.840. The van der Waals surface area contributed by atoms with Crippen molar-refractivity contribution in [1.29, 1.82) is 0 Å². The summed E-state index contributed by atoms with van der Waals surface area (Å²) in [5, 5.41) is 3.28. The molecule has 2 aromatic rings. The molecule has 0 bridgehead atoms. The molecule has 0 aliphatic carbocycles. The Balaban J connectivity index is 2.32. The predicted molar refractivity (Wildman–Crippen MR) is 86.0 cm³/mol. The number of aryl methyl sites for hydroxylation is 1. The number of halogens is 3. The third-order valence-electron chi connectivity index (χ3n) is 2.54. The maximum absolute atomic E-state index is 12.2. The highest BCUT2D eigenvalue weighted by molar-refractivity contribution is 9.11. The maximum atomic E-state index is 12.2. The topological polar surface area (TPSA) is 29.1 Å². The zero-order valence-electron chi connectivity index (χ0n) is 10.0. The number of hydrogen-bond donors (Lipinski definition) is 1. The van der Waals surface area contributed by atoms with E-state index in [-0.39, 0.29) is 5.91 Å². The van der Waals surface area contributed by atoms with Crippen LogP contribution in [0.3, 0.4) is 0 Å². The van der Waals surface area contributed by atoms with Crippen molar-refractivity contribution in [2.45, 2.75) is 6.92 Å². The van der Waals surface area contributed by atoms with Crippen molar-refractivity contribution in [1.82, 2.24) is 0 Å². The molecule has 0 saturated heterocycles. The summed E-state index contributed by atoms with van der Waals surface area (Å²) < 4.78 is 1.64. The van der Waals surface area contributed by atoms with Gasteiger partial charge in [0.15, 0.2) is 0 Å². The minimum absolute atomic E-state index is 0.240. The van der Waals surface area contributed by atoms with Gasteiger partial charge in [-0.2, -0.15) is 0 Å². The molecule has 0 unspecified atom stereocenters. The van der Waals surface area contributed by atoms with Gasteiger partial charge in [-0.15, -0.1) is 0 Å². The van der Waals surface area contributed by atoms with E-state index in [1.807, 2.05) is 19.1 Å². The van der Waals surface area contributed by atoms with Gasteiger partial charge in [-0.1, -0.05) is 23.7 Å². The summed E-state index contributed by atoms with van der Waals surface area (Å²) in [7, 11) is 0. The van der Waals surface area contributed by atoms with Crippen LogP contribution in [0.2, 0.25) is 5.02 Å². The standard InChI is InChI=1S/C14H10Br2ClNO/c1-8-6-10(15)13(11(16)7-8)18-14(19)9-4-2-3-5-12(9)17/h2-7H,1H3,(H,18,19). The van der Waals surface area contributed by atoms with E-state index < -0.39 is 0 Å². The van der Waals surface area contributed by atoms with Gasteiger partial charge in [-0.3, -0.25) is 4.79 Å². The molecule has 98 valence electrons. The Morgan fingerprint density at radius 1 is 1.16 bits per heavy atom. The molecule has 0 aliphatic rings. The van der Waals surface area contributed by atoms with E-state index >= 15 is 0 Å². The van der Waals surface area contributed by atoms with Gasteiger partial charge in [0.1, 0.15) is 0 Å². The second-order valence-electron chi connectivity index (χ2n) is 4.04. The van der Waals surface area contributed by atoms with E-state index in [1.54, 1.807) is 24.3 Å². The second-order valence-corrected chi connectivity index (χ2v) is 6.15. The van der Waals surface area contributed by atoms with Crippen LogP contribution in [0.4, 0.5) is 5.69 Å². The molecule has 1 N–H and O–H groups in total. The number of benzene rings is 2. The SMILES string of the molecule is Cc1cc(Br)c(NC(=O)c2ccccc2Cl)c(Br)c1. The summed E-state index contributed by atoms with van der Waals surface area (Å²) in [5.41, 5.74) is 2.23. The molecule has 0 radical (unpaired) electrons. The van der Waals surface area contributed by atoms with Crippen molar-refractivity contribution < 1.29 is 4.79 Å². The molecule has 0 fully saturated rings. The van der Waals surface area contributed by atoms with Crippen LogP contribution < -0.4 is 5.32 Å². The lowest BCUT2D eigenvalue weighted by molar-refractivity contribution is 0.102. The van der Waals surface area contributed by atoms with Gasteiger partial charge in [0.25, 0.3) is 5.91 Å². The van der Waals surface area contributed by atoms with E-state index in [0.29, 0.717) is 16.3 Å². The highest BCUT2D eigenvalue weighted by Gasteiger charge is 2.13. The Kier molecular flexibility index (Phi) is 4.66. The summed E-state index contributed by atoms with van der Waals surface area (Å²) in [6.07, 6.45) is 0. The highest BCUT2D eigenvalue weighted by atomic mass is 79.9. The Morgan fingerprint density at radius 3 is 2.32 bits per heavy atom. The van der Waals surface area contributed by atoms with Crippen LogP contribution in [0.15, 0.2) is 45.3 Å². The van der Waals surface area contributed by atoms with Crippen LogP contribution in [0, 0.1) is 6.92 Å². The van der Waals surface area contributed by atoms with Crippen LogP contribution in [0.25, 0.3) is 0 Å². The van der Waals surface area contributed by atoms with Crippen molar-refractivity contribution in [2.75, 3.05) is 5.32 Å². The largest absolute Gasteiger partial charge is 0.320 e. The smallest absolute Gasteiger partial charge is 0.257 e. The number of hydrogen-bond acceptors (Lipinski definition) is 1. The minimum Gasteiger partial charge on any atom is -0.320 e. The predicted octanol–water partition coefficient (Wildman–Crippen LogP) is 5.43. The normalized spacial score (nSPS) is 10.3. The maximum Gasteiger partial charge on any atom is 0.257 e. The van der Waals surface area contributed by atoms with E-state index in [0.717, 1.165) is 14.5 Å². The molecule has 2 nitrogen and oxygen atoms in total. The molecule has 0 atom stereocenters. The molecule has 0 spiro atoms. The summed E-state index contributed by atoms with van der Waals surface area (Å²) in [6.45, 7) is 1.98. The number of anilines is 1. The summed E-state index contributed by atoms with van der Waals surface area (Å²) in [5.74, 6) is -0.240. The molecule has 1 amide bonds. The van der Waals surface area contributed by atoms with Crippen molar-refractivity contribution in [2.24, 2.45) is 0 Å². The molecular weight excluding hydrogens is 393 g/mol. The summed E-state index contributed by atoms with van der Waals surface area (Å²) in [4.78, 5) is 12.2. The van der Waals surface area contributed by atoms with E-state index in [1.165, 1.54) is 0 Å². The van der Waals surface area contributed by atoms with Gasteiger partial charge in [0, 0.05) is 8.95 Å². The Bertz CT molecular complexity index is 620. The van der Waals surface area contributed by atoms with Gasteiger partial charge in [0.05, 0.1) is 16.3 Å². The van der Waals surface area contributed by atoms with E-state index in [4.69, 9.17) is 11.6 Å². The van der Waals surface area contributed by atoms with Crippen molar-refractivity contribution in [3.05, 3.63) is 61.5 Å². The molecule has 2 rings (SSSR count). The van der Waals surface area contributed by atoms with Crippen molar-refractivity contribution >= 4 is 55.1 Å². The summed E-state index contributed by atoms with van der Waals surface area (Å²) >= 11 is 12.9. The third kappa shape index (κ3) is 3.38. The first kappa shape index (κ1) is 14.6. The first-order valence-electron chi connectivity index (χ1n) is 5.50. The molecule has 5 heteroatoms. The highest BCUT2D eigenvalue weighted by Crippen LogP contribution is 2.33. The number of amides is 1. The van der Waals surface area contributed by atoms with E-state index in [9.17, 15) is 4.79 Å². The molecule has 0 saturated carbocycles. The second kappa shape index (κ2) is 6.07. The fourth-order valence-corrected chi connectivity index (χ4v) is 3.48. The number of carbonyl (C=O) groups is 1. The third-order valence-corrected chi connectivity index (χ3v) is 4.12. The van der Waals surface area contributed by atoms with Gasteiger partial charge in [-0.25, -0.2) is 0 Å². The molecule has 19 heavy (non-hydrogen) atoms. The average molecular weight is 404 g/mol. The quantitative estimate of drug-likeness (QED) is 0.712. The lowest BCUT2D eigenvalue weighted by Crippen LogP contribution is -2.13. The lowest BCUT2D eigenvalue weighted by Gasteiger charge is -2.11. The zero-order chi connectivity index (χ0) is 14.0. The van der Waals surface area contributed by atoms with Crippen LogP contribution in [0.5, 0.6) is 0 Å². The Morgan fingerprint density at radius 2 is 1.74 bits per heavy atom. The fourth-order valence-electron chi connectivity index (χ4n) is 1.65. The number of carbonyl (C=O) groups excluding carboxylic acids is 1. The van der Waals surface area contributed by atoms with Crippen LogP contribution in [-0.4, -0.2) is 5.91 Å². The van der Waals surface area contributed by atoms with E-state index in [2.05, 4.69) is 37.2 Å². The van der Waals surface area contributed by atoms with Crippen molar-refractivity contribution in [3.63, 3.8) is 0 Å².